The third kappa shape index (κ3) is 3.41. The van der Waals surface area contributed by atoms with Gasteiger partial charge in [-0.05, 0) is 36.2 Å². The van der Waals surface area contributed by atoms with Gasteiger partial charge >= 0.3 is 0 Å². The molecule has 2 rings (SSSR count). The fraction of sp³-hybridized carbons (Fsp3) is 0.714. The molecule has 1 fully saturated rings. The van der Waals surface area contributed by atoms with Crippen LogP contribution in [0.5, 0.6) is 0 Å². The lowest BCUT2D eigenvalue weighted by Crippen LogP contribution is -2.33. The quantitative estimate of drug-likeness (QED) is 0.843. The molecule has 1 aromatic rings. The van der Waals surface area contributed by atoms with Gasteiger partial charge in [-0.1, -0.05) is 0 Å². The zero-order chi connectivity index (χ0) is 14.7. The van der Waals surface area contributed by atoms with Gasteiger partial charge in [-0.2, -0.15) is 5.10 Å². The minimum Gasteiger partial charge on any atom is -0.342 e. The number of rotatable bonds is 3. The minimum absolute atomic E-state index is 0.183. The third-order valence-electron chi connectivity index (χ3n) is 3.86. The molecule has 0 aromatic carbocycles. The number of hydrogen-bond acceptors (Lipinski definition) is 3. The van der Waals surface area contributed by atoms with Crippen LogP contribution in [0.25, 0.3) is 0 Å². The van der Waals surface area contributed by atoms with E-state index in [0.717, 1.165) is 55.9 Å². The van der Waals surface area contributed by atoms with E-state index in [0.29, 0.717) is 0 Å². The first-order chi connectivity index (χ1) is 9.52. The first-order valence-corrected chi connectivity index (χ1v) is 8.01. The Morgan fingerprint density at radius 3 is 2.70 bits per heavy atom. The second-order valence-electron chi connectivity index (χ2n) is 5.30. The molecule has 20 heavy (non-hydrogen) atoms. The molecule has 2 heterocycles. The molecule has 1 aromatic heterocycles. The first kappa shape index (κ1) is 15.5. The summed E-state index contributed by atoms with van der Waals surface area (Å²) in [5.74, 6) is 0.183. The molecule has 0 bridgehead atoms. The summed E-state index contributed by atoms with van der Waals surface area (Å²) in [4.78, 5) is 15.8. The monoisotopic (exact) mass is 342 g/mol. The van der Waals surface area contributed by atoms with Crippen LogP contribution in [-0.2, 0) is 17.9 Å². The van der Waals surface area contributed by atoms with E-state index in [-0.39, 0.29) is 5.91 Å². The Morgan fingerprint density at radius 1 is 1.30 bits per heavy atom. The molecule has 1 aliphatic heterocycles. The first-order valence-electron chi connectivity index (χ1n) is 7.22. The Kier molecular flexibility index (Phi) is 5.21. The van der Waals surface area contributed by atoms with Crippen LogP contribution in [0.3, 0.4) is 0 Å². The number of carbonyl (C=O) groups excluding carboxylic acids is 1. The van der Waals surface area contributed by atoms with Gasteiger partial charge in [0, 0.05) is 46.2 Å². The SMILES string of the molecule is CCn1nc(C)c(Br)c1CN1CCCN(C(C)=O)CC1. The Morgan fingerprint density at radius 2 is 2.05 bits per heavy atom. The van der Waals surface area contributed by atoms with Gasteiger partial charge in [-0.25, -0.2) is 0 Å². The lowest BCUT2D eigenvalue weighted by Gasteiger charge is -2.21. The van der Waals surface area contributed by atoms with E-state index < -0.39 is 0 Å². The van der Waals surface area contributed by atoms with E-state index in [4.69, 9.17) is 0 Å². The van der Waals surface area contributed by atoms with E-state index in [1.165, 1.54) is 5.69 Å². The van der Waals surface area contributed by atoms with Crippen molar-refractivity contribution in [1.82, 2.24) is 19.6 Å². The zero-order valence-corrected chi connectivity index (χ0v) is 14.1. The van der Waals surface area contributed by atoms with Gasteiger partial charge in [0.2, 0.25) is 5.91 Å². The Labute approximate surface area is 129 Å². The van der Waals surface area contributed by atoms with Crippen molar-refractivity contribution in [3.8, 4) is 0 Å². The average Bonchev–Trinajstić information content (AvgIpc) is 2.61. The fourth-order valence-electron chi connectivity index (χ4n) is 2.68. The molecule has 0 spiro atoms. The maximum absolute atomic E-state index is 11.5. The van der Waals surface area contributed by atoms with Crippen molar-refractivity contribution in [2.45, 2.75) is 40.3 Å². The Hall–Kier alpha value is -0.880. The Bertz CT molecular complexity index is 486. The average molecular weight is 343 g/mol. The summed E-state index contributed by atoms with van der Waals surface area (Å²) in [5, 5.41) is 4.54. The molecule has 112 valence electrons. The predicted octanol–water partition coefficient (Wildman–Crippen LogP) is 2.03. The van der Waals surface area contributed by atoms with Gasteiger partial charge in [-0.3, -0.25) is 14.4 Å². The lowest BCUT2D eigenvalue weighted by atomic mass is 10.3. The number of nitrogens with zero attached hydrogens (tertiary/aromatic N) is 4. The molecule has 6 heteroatoms. The van der Waals surface area contributed by atoms with E-state index >= 15 is 0 Å². The molecule has 5 nitrogen and oxygen atoms in total. The molecule has 0 radical (unpaired) electrons. The molecule has 0 N–H and O–H groups in total. The lowest BCUT2D eigenvalue weighted by molar-refractivity contribution is -0.128. The van der Waals surface area contributed by atoms with Gasteiger partial charge in [0.05, 0.1) is 15.9 Å². The van der Waals surface area contributed by atoms with Crippen LogP contribution in [0.4, 0.5) is 0 Å². The molecule has 1 aliphatic rings. The number of aromatic nitrogens is 2. The highest BCUT2D eigenvalue weighted by molar-refractivity contribution is 9.10. The summed E-state index contributed by atoms with van der Waals surface area (Å²) in [6, 6.07) is 0. The standard InChI is InChI=1S/C14H23BrN4O/c1-4-19-13(14(15)11(2)16-19)10-17-6-5-7-18(9-8-17)12(3)20/h4-10H2,1-3H3. The van der Waals surface area contributed by atoms with Crippen molar-refractivity contribution < 1.29 is 4.79 Å². The van der Waals surface area contributed by atoms with Crippen LogP contribution in [0.2, 0.25) is 0 Å². The van der Waals surface area contributed by atoms with E-state index in [1.807, 2.05) is 11.8 Å². The van der Waals surface area contributed by atoms with E-state index in [9.17, 15) is 4.79 Å². The molecule has 1 amide bonds. The molecular weight excluding hydrogens is 320 g/mol. The van der Waals surface area contributed by atoms with Gasteiger partial charge in [-0.15, -0.1) is 0 Å². The summed E-state index contributed by atoms with van der Waals surface area (Å²) in [7, 11) is 0. The second-order valence-corrected chi connectivity index (χ2v) is 6.09. The number of carbonyl (C=O) groups is 1. The molecular formula is C14H23BrN4O. The summed E-state index contributed by atoms with van der Waals surface area (Å²) in [5.41, 5.74) is 2.28. The van der Waals surface area contributed by atoms with Gasteiger partial charge in [0.15, 0.2) is 0 Å². The molecule has 0 aliphatic carbocycles. The van der Waals surface area contributed by atoms with Gasteiger partial charge in [0.1, 0.15) is 0 Å². The molecule has 0 saturated carbocycles. The van der Waals surface area contributed by atoms with E-state index in [1.54, 1.807) is 6.92 Å². The molecule has 0 atom stereocenters. The summed E-state index contributed by atoms with van der Waals surface area (Å²) >= 11 is 3.65. The highest BCUT2D eigenvalue weighted by Crippen LogP contribution is 2.23. The normalized spacial score (nSPS) is 17.3. The predicted molar refractivity (Wildman–Crippen MR) is 82.5 cm³/mol. The number of halogens is 1. The van der Waals surface area contributed by atoms with Crippen LogP contribution in [0.15, 0.2) is 4.47 Å². The Balaban J connectivity index is 2.05. The van der Waals surface area contributed by atoms with Crippen LogP contribution in [-0.4, -0.2) is 51.7 Å². The largest absolute Gasteiger partial charge is 0.342 e. The van der Waals surface area contributed by atoms with Crippen LogP contribution in [0.1, 0.15) is 31.7 Å². The molecule has 1 saturated heterocycles. The summed E-state index contributed by atoms with van der Waals surface area (Å²) in [6.07, 6.45) is 1.04. The van der Waals surface area contributed by atoms with E-state index in [2.05, 4.69) is 37.5 Å². The smallest absolute Gasteiger partial charge is 0.219 e. The number of amides is 1. The number of aryl methyl sites for hydroxylation is 2. The second kappa shape index (κ2) is 6.72. The van der Waals surface area contributed by atoms with Crippen LogP contribution < -0.4 is 0 Å². The van der Waals surface area contributed by atoms with Crippen molar-refractivity contribution in [3.05, 3.63) is 15.9 Å². The van der Waals surface area contributed by atoms with Crippen molar-refractivity contribution in [2.24, 2.45) is 0 Å². The third-order valence-corrected chi connectivity index (χ3v) is 4.89. The van der Waals surface area contributed by atoms with Crippen LogP contribution >= 0.6 is 15.9 Å². The summed E-state index contributed by atoms with van der Waals surface area (Å²) < 4.78 is 3.18. The van der Waals surface area contributed by atoms with Crippen molar-refractivity contribution in [3.63, 3.8) is 0 Å². The molecule has 0 unspecified atom stereocenters. The van der Waals surface area contributed by atoms with Gasteiger partial charge < -0.3 is 4.90 Å². The summed E-state index contributed by atoms with van der Waals surface area (Å²) in [6.45, 7) is 11.2. The minimum atomic E-state index is 0.183. The fourth-order valence-corrected chi connectivity index (χ4v) is 3.09. The van der Waals surface area contributed by atoms with Crippen molar-refractivity contribution in [2.75, 3.05) is 26.2 Å². The zero-order valence-electron chi connectivity index (χ0n) is 12.5. The van der Waals surface area contributed by atoms with Crippen molar-refractivity contribution >= 4 is 21.8 Å². The van der Waals surface area contributed by atoms with Crippen LogP contribution in [0, 0.1) is 6.92 Å². The maximum atomic E-state index is 11.5. The van der Waals surface area contributed by atoms with Gasteiger partial charge in [0.25, 0.3) is 0 Å². The number of hydrogen-bond donors (Lipinski definition) is 0. The topological polar surface area (TPSA) is 41.4 Å². The maximum Gasteiger partial charge on any atom is 0.219 e. The highest BCUT2D eigenvalue weighted by atomic mass is 79.9. The highest BCUT2D eigenvalue weighted by Gasteiger charge is 2.20. The van der Waals surface area contributed by atoms with Crippen molar-refractivity contribution in [1.29, 1.82) is 0 Å².